The van der Waals surface area contributed by atoms with Crippen LogP contribution in [0.4, 0.5) is 10.5 Å². The molecule has 0 saturated carbocycles. The Bertz CT molecular complexity index is 1070. The van der Waals surface area contributed by atoms with Crippen molar-refractivity contribution in [3.63, 3.8) is 0 Å². The number of nitrogens with one attached hydrogen (secondary N) is 2. The van der Waals surface area contributed by atoms with Gasteiger partial charge in [0, 0.05) is 55.2 Å². The number of esters is 1. The van der Waals surface area contributed by atoms with Crippen LogP contribution < -0.4 is 20.3 Å². The van der Waals surface area contributed by atoms with Crippen molar-refractivity contribution in [2.24, 2.45) is 0 Å². The summed E-state index contributed by atoms with van der Waals surface area (Å²) >= 11 is 6.16. The normalized spacial score (nSPS) is 19.1. The number of urea groups is 1. The molecule has 0 spiro atoms. The number of nitrogens with zero attached hydrogens (tertiary/aromatic N) is 2. The maximum Gasteiger partial charge on any atom is 0.338 e. The Morgan fingerprint density at radius 2 is 1.85 bits per heavy atom. The molecule has 2 heterocycles. The number of carbonyl (C=O) groups is 2. The maximum absolute atomic E-state index is 12.7. The summed E-state index contributed by atoms with van der Waals surface area (Å²) in [6, 6.07) is 14.1. The Labute approximate surface area is 198 Å². The molecule has 2 N–H and O–H groups in total. The van der Waals surface area contributed by atoms with Crippen molar-refractivity contribution in [3.05, 3.63) is 70.4 Å². The van der Waals surface area contributed by atoms with Crippen LogP contribution in [0.1, 0.15) is 11.6 Å². The van der Waals surface area contributed by atoms with Gasteiger partial charge in [-0.05, 0) is 29.8 Å². The number of hydrogen-bond donors (Lipinski definition) is 2. The molecule has 0 radical (unpaired) electrons. The highest BCUT2D eigenvalue weighted by atomic mass is 35.5. The molecule has 1 atom stereocenters. The number of piperazine rings is 1. The summed E-state index contributed by atoms with van der Waals surface area (Å²) in [5.74, 6) is 0.338. The molecule has 174 valence electrons. The van der Waals surface area contributed by atoms with Crippen molar-refractivity contribution >= 4 is 29.3 Å². The van der Waals surface area contributed by atoms with E-state index in [1.165, 1.54) is 7.11 Å². The van der Waals surface area contributed by atoms with E-state index >= 15 is 0 Å². The lowest BCUT2D eigenvalue weighted by molar-refractivity contribution is -0.136. The van der Waals surface area contributed by atoms with Gasteiger partial charge in [-0.1, -0.05) is 29.8 Å². The van der Waals surface area contributed by atoms with Crippen LogP contribution in [0, 0.1) is 0 Å². The number of ether oxygens (including phenoxy) is 2. The van der Waals surface area contributed by atoms with Gasteiger partial charge in [0.15, 0.2) is 0 Å². The number of rotatable bonds is 6. The highest BCUT2D eigenvalue weighted by molar-refractivity contribution is 6.30. The lowest BCUT2D eigenvalue weighted by atomic mass is 9.95. The fourth-order valence-corrected chi connectivity index (χ4v) is 4.42. The molecule has 0 aliphatic carbocycles. The second-order valence-corrected chi connectivity index (χ2v) is 8.37. The molecular formula is C24H27ClN4O4. The standard InChI is InChI=1S/C24H27ClN4O4/c1-32-19-8-4-7-18(14-19)29-11-9-28(10-12-29)15-20-21(23(30)33-2)22(27-24(31)26-20)16-5-3-6-17(25)13-16/h3-8,13-14,22H,9-12,15H2,1-2H3,(H2,26,27,31). The van der Waals surface area contributed by atoms with Crippen molar-refractivity contribution in [1.29, 1.82) is 0 Å². The molecule has 0 bridgehead atoms. The van der Waals surface area contributed by atoms with Crippen LogP contribution in [0.3, 0.4) is 0 Å². The molecular weight excluding hydrogens is 444 g/mol. The summed E-state index contributed by atoms with van der Waals surface area (Å²) in [6.45, 7) is 3.62. The second kappa shape index (κ2) is 10.1. The molecule has 2 aliphatic rings. The zero-order chi connectivity index (χ0) is 23.4. The minimum absolute atomic E-state index is 0.363. The first-order chi connectivity index (χ1) is 16.0. The lowest BCUT2D eigenvalue weighted by Crippen LogP contribution is -2.51. The number of halogens is 1. The van der Waals surface area contributed by atoms with E-state index in [1.807, 2.05) is 24.3 Å². The zero-order valence-corrected chi connectivity index (χ0v) is 19.4. The van der Waals surface area contributed by atoms with Gasteiger partial charge in [0.25, 0.3) is 0 Å². The van der Waals surface area contributed by atoms with Crippen molar-refractivity contribution in [2.45, 2.75) is 6.04 Å². The first-order valence-electron chi connectivity index (χ1n) is 10.7. The quantitative estimate of drug-likeness (QED) is 0.632. The van der Waals surface area contributed by atoms with Crippen molar-refractivity contribution in [2.75, 3.05) is 51.8 Å². The van der Waals surface area contributed by atoms with Gasteiger partial charge in [-0.3, -0.25) is 4.90 Å². The smallest absolute Gasteiger partial charge is 0.338 e. The van der Waals surface area contributed by atoms with E-state index in [2.05, 4.69) is 26.5 Å². The molecule has 4 rings (SSSR count). The van der Waals surface area contributed by atoms with Gasteiger partial charge >= 0.3 is 12.0 Å². The van der Waals surface area contributed by atoms with Gasteiger partial charge in [0.2, 0.25) is 0 Å². The second-order valence-electron chi connectivity index (χ2n) is 7.93. The van der Waals surface area contributed by atoms with Crippen molar-refractivity contribution in [1.82, 2.24) is 15.5 Å². The molecule has 2 aromatic rings. The molecule has 1 saturated heterocycles. The van der Waals surface area contributed by atoms with E-state index in [4.69, 9.17) is 21.1 Å². The van der Waals surface area contributed by atoms with Crippen LogP contribution in [-0.4, -0.2) is 63.8 Å². The third-order valence-corrected chi connectivity index (χ3v) is 6.15. The number of anilines is 1. The monoisotopic (exact) mass is 470 g/mol. The molecule has 2 amide bonds. The van der Waals surface area contributed by atoms with Crippen molar-refractivity contribution in [3.8, 4) is 5.75 Å². The molecule has 0 aromatic heterocycles. The number of carbonyl (C=O) groups excluding carboxylic acids is 2. The molecule has 2 aromatic carbocycles. The van der Waals surface area contributed by atoms with Gasteiger partial charge in [-0.15, -0.1) is 0 Å². The highest BCUT2D eigenvalue weighted by Crippen LogP contribution is 2.30. The number of methoxy groups -OCH3 is 2. The van der Waals surface area contributed by atoms with Crippen LogP contribution in [0.2, 0.25) is 5.02 Å². The van der Waals surface area contributed by atoms with Crippen molar-refractivity contribution < 1.29 is 19.1 Å². The van der Waals surface area contributed by atoms with Gasteiger partial charge < -0.3 is 25.0 Å². The maximum atomic E-state index is 12.7. The predicted octanol–water partition coefficient (Wildman–Crippen LogP) is 2.95. The molecule has 1 unspecified atom stereocenters. The van der Waals surface area contributed by atoms with Gasteiger partial charge in [-0.25, -0.2) is 9.59 Å². The predicted molar refractivity (Wildman–Crippen MR) is 127 cm³/mol. The average Bonchev–Trinajstić information content (AvgIpc) is 2.83. The summed E-state index contributed by atoms with van der Waals surface area (Å²) in [5, 5.41) is 6.18. The van der Waals surface area contributed by atoms with E-state index in [0.717, 1.165) is 43.2 Å². The highest BCUT2D eigenvalue weighted by Gasteiger charge is 2.34. The van der Waals surface area contributed by atoms with Gasteiger partial charge in [0.05, 0.1) is 25.8 Å². The van der Waals surface area contributed by atoms with E-state index in [-0.39, 0.29) is 6.03 Å². The topological polar surface area (TPSA) is 83.1 Å². The van der Waals surface area contributed by atoms with E-state index in [1.54, 1.807) is 25.3 Å². The van der Waals surface area contributed by atoms with Gasteiger partial charge in [0.1, 0.15) is 5.75 Å². The third kappa shape index (κ3) is 5.23. The fourth-order valence-electron chi connectivity index (χ4n) is 4.22. The first-order valence-corrected chi connectivity index (χ1v) is 11.1. The minimum atomic E-state index is -0.641. The van der Waals surface area contributed by atoms with E-state index < -0.39 is 12.0 Å². The molecule has 2 aliphatic heterocycles. The number of hydrogen-bond acceptors (Lipinski definition) is 6. The average molecular weight is 471 g/mol. The summed E-state index contributed by atoms with van der Waals surface area (Å²) in [6.07, 6.45) is 0. The van der Waals surface area contributed by atoms with Crippen LogP contribution in [0.25, 0.3) is 0 Å². The first kappa shape index (κ1) is 22.9. The third-order valence-electron chi connectivity index (χ3n) is 5.91. The number of benzene rings is 2. The van der Waals surface area contributed by atoms with Crippen LogP contribution in [0.15, 0.2) is 59.8 Å². The Kier molecular flexibility index (Phi) is 7.05. The van der Waals surface area contributed by atoms with Crippen LogP contribution >= 0.6 is 11.6 Å². The van der Waals surface area contributed by atoms with Crippen LogP contribution in [-0.2, 0) is 9.53 Å². The largest absolute Gasteiger partial charge is 0.497 e. The summed E-state index contributed by atoms with van der Waals surface area (Å²) < 4.78 is 10.4. The summed E-state index contributed by atoms with van der Waals surface area (Å²) in [4.78, 5) is 29.7. The Hall–Kier alpha value is -3.23. The van der Waals surface area contributed by atoms with Gasteiger partial charge in [-0.2, -0.15) is 0 Å². The number of amides is 2. The Balaban J connectivity index is 1.53. The molecule has 8 nitrogen and oxygen atoms in total. The minimum Gasteiger partial charge on any atom is -0.497 e. The lowest BCUT2D eigenvalue weighted by Gasteiger charge is -2.38. The van der Waals surface area contributed by atoms with Crippen LogP contribution in [0.5, 0.6) is 5.75 Å². The Morgan fingerprint density at radius 3 is 2.55 bits per heavy atom. The summed E-state index contributed by atoms with van der Waals surface area (Å²) in [5.41, 5.74) is 2.76. The van der Waals surface area contributed by atoms with E-state index in [9.17, 15) is 9.59 Å². The molecule has 9 heteroatoms. The zero-order valence-electron chi connectivity index (χ0n) is 18.6. The fraction of sp³-hybridized carbons (Fsp3) is 0.333. The van der Waals surface area contributed by atoms with E-state index in [0.29, 0.717) is 22.8 Å². The SMILES string of the molecule is COC(=O)C1=C(CN2CCN(c3cccc(OC)c3)CC2)NC(=O)NC1c1cccc(Cl)c1. The summed E-state index contributed by atoms with van der Waals surface area (Å²) in [7, 11) is 3.00. The molecule has 33 heavy (non-hydrogen) atoms. The Morgan fingerprint density at radius 1 is 1.09 bits per heavy atom. The molecule has 1 fully saturated rings.